The molecule has 1 saturated heterocycles. The van der Waals surface area contributed by atoms with Crippen molar-refractivity contribution < 1.29 is 9.90 Å². The Balaban J connectivity index is 1.77. The van der Waals surface area contributed by atoms with Crippen LogP contribution < -0.4 is 10.6 Å². The summed E-state index contributed by atoms with van der Waals surface area (Å²) in [6, 6.07) is 7.88. The Labute approximate surface area is 120 Å². The first-order valence-corrected chi connectivity index (χ1v) is 7.48. The normalized spacial score (nSPS) is 18.1. The van der Waals surface area contributed by atoms with E-state index in [9.17, 15) is 4.79 Å². The topological polar surface area (TPSA) is 61.4 Å². The van der Waals surface area contributed by atoms with Gasteiger partial charge in [0, 0.05) is 18.7 Å². The standard InChI is InChI=1S/C16H24N2O2/c19-10-2-4-13-3-1-5-15(11-13)18-16(20)7-6-14-8-9-17-12-14/h1,3,5,11,14,17,19H,2,4,6-10,12H2,(H,18,20). The monoisotopic (exact) mass is 276 g/mol. The highest BCUT2D eigenvalue weighted by atomic mass is 16.2. The van der Waals surface area contributed by atoms with Crippen LogP contribution in [0, 0.1) is 5.92 Å². The summed E-state index contributed by atoms with van der Waals surface area (Å²) in [6.45, 7) is 2.33. The van der Waals surface area contributed by atoms with Gasteiger partial charge in [-0.1, -0.05) is 12.1 Å². The summed E-state index contributed by atoms with van der Waals surface area (Å²) in [5.41, 5.74) is 2.01. The van der Waals surface area contributed by atoms with Crippen molar-refractivity contribution in [2.45, 2.75) is 32.1 Å². The van der Waals surface area contributed by atoms with Gasteiger partial charge in [-0.3, -0.25) is 4.79 Å². The lowest BCUT2D eigenvalue weighted by Crippen LogP contribution is -2.15. The van der Waals surface area contributed by atoms with Crippen LogP contribution in [-0.4, -0.2) is 30.7 Å². The Morgan fingerprint density at radius 2 is 2.35 bits per heavy atom. The number of nitrogens with one attached hydrogen (secondary N) is 2. The molecule has 0 aliphatic carbocycles. The van der Waals surface area contributed by atoms with Crippen LogP contribution in [0.5, 0.6) is 0 Å². The summed E-state index contributed by atoms with van der Waals surface area (Å²) in [6.07, 6.45) is 4.33. The molecule has 1 aromatic carbocycles. The van der Waals surface area contributed by atoms with Crippen molar-refractivity contribution >= 4 is 11.6 Å². The fraction of sp³-hybridized carbons (Fsp3) is 0.562. The summed E-state index contributed by atoms with van der Waals surface area (Å²) in [5.74, 6) is 0.743. The molecule has 0 spiro atoms. The number of anilines is 1. The molecule has 110 valence electrons. The van der Waals surface area contributed by atoms with Crippen LogP contribution in [0.15, 0.2) is 24.3 Å². The van der Waals surface area contributed by atoms with Gasteiger partial charge >= 0.3 is 0 Å². The maximum Gasteiger partial charge on any atom is 0.224 e. The highest BCUT2D eigenvalue weighted by Crippen LogP contribution is 2.16. The lowest BCUT2D eigenvalue weighted by atomic mass is 10.0. The SMILES string of the molecule is O=C(CCC1CCNC1)Nc1cccc(CCCO)c1. The predicted octanol–water partition coefficient (Wildman–Crippen LogP) is 1.94. The number of aliphatic hydroxyl groups is 1. The van der Waals surface area contributed by atoms with E-state index in [1.807, 2.05) is 24.3 Å². The summed E-state index contributed by atoms with van der Waals surface area (Å²) >= 11 is 0. The average molecular weight is 276 g/mol. The molecule has 0 bridgehead atoms. The number of carbonyl (C=O) groups excluding carboxylic acids is 1. The van der Waals surface area contributed by atoms with E-state index in [1.165, 1.54) is 6.42 Å². The summed E-state index contributed by atoms with van der Waals surface area (Å²) < 4.78 is 0. The molecule has 20 heavy (non-hydrogen) atoms. The van der Waals surface area contributed by atoms with Crippen molar-refractivity contribution in [3.63, 3.8) is 0 Å². The molecule has 2 rings (SSSR count). The Bertz CT molecular complexity index is 428. The molecule has 3 N–H and O–H groups in total. The quantitative estimate of drug-likeness (QED) is 0.713. The van der Waals surface area contributed by atoms with Crippen molar-refractivity contribution in [1.82, 2.24) is 5.32 Å². The number of carbonyl (C=O) groups is 1. The van der Waals surface area contributed by atoms with Crippen LogP contribution in [-0.2, 0) is 11.2 Å². The van der Waals surface area contributed by atoms with Crippen molar-refractivity contribution in [3.05, 3.63) is 29.8 Å². The van der Waals surface area contributed by atoms with Gasteiger partial charge in [0.25, 0.3) is 0 Å². The Morgan fingerprint density at radius 1 is 1.45 bits per heavy atom. The Hall–Kier alpha value is -1.39. The van der Waals surface area contributed by atoms with Gasteiger partial charge in [-0.2, -0.15) is 0 Å². The number of amides is 1. The van der Waals surface area contributed by atoms with Gasteiger partial charge < -0.3 is 15.7 Å². The van der Waals surface area contributed by atoms with Crippen molar-refractivity contribution in [2.75, 3.05) is 25.0 Å². The van der Waals surface area contributed by atoms with E-state index < -0.39 is 0 Å². The maximum atomic E-state index is 11.9. The van der Waals surface area contributed by atoms with Gasteiger partial charge in [0.05, 0.1) is 0 Å². The summed E-state index contributed by atoms with van der Waals surface area (Å²) in [4.78, 5) is 11.9. The zero-order chi connectivity index (χ0) is 14.2. The van der Waals surface area contributed by atoms with E-state index in [2.05, 4.69) is 10.6 Å². The van der Waals surface area contributed by atoms with Gasteiger partial charge in [-0.15, -0.1) is 0 Å². The van der Waals surface area contributed by atoms with E-state index in [4.69, 9.17) is 5.11 Å². The van der Waals surface area contributed by atoms with Gasteiger partial charge in [0.1, 0.15) is 0 Å². The van der Waals surface area contributed by atoms with Crippen LogP contribution in [0.1, 0.15) is 31.2 Å². The number of aryl methyl sites for hydroxylation is 1. The number of hydrogen-bond donors (Lipinski definition) is 3. The van der Waals surface area contributed by atoms with E-state index in [0.717, 1.165) is 43.6 Å². The first-order chi connectivity index (χ1) is 9.78. The van der Waals surface area contributed by atoms with Crippen LogP contribution in [0.4, 0.5) is 5.69 Å². The fourth-order valence-electron chi connectivity index (χ4n) is 2.61. The minimum absolute atomic E-state index is 0.0937. The molecular weight excluding hydrogens is 252 g/mol. The molecule has 1 fully saturated rings. The minimum atomic E-state index is 0.0937. The zero-order valence-electron chi connectivity index (χ0n) is 11.9. The molecule has 0 radical (unpaired) electrons. The van der Waals surface area contributed by atoms with Gasteiger partial charge in [0.15, 0.2) is 0 Å². The fourth-order valence-corrected chi connectivity index (χ4v) is 2.61. The van der Waals surface area contributed by atoms with Gasteiger partial charge in [-0.25, -0.2) is 0 Å². The third kappa shape index (κ3) is 4.94. The highest BCUT2D eigenvalue weighted by Gasteiger charge is 2.15. The van der Waals surface area contributed by atoms with Crippen molar-refractivity contribution in [1.29, 1.82) is 0 Å². The zero-order valence-corrected chi connectivity index (χ0v) is 11.9. The molecule has 1 atom stereocenters. The van der Waals surface area contributed by atoms with Crippen molar-refractivity contribution in [3.8, 4) is 0 Å². The maximum absolute atomic E-state index is 11.9. The van der Waals surface area contributed by atoms with Crippen LogP contribution in [0.2, 0.25) is 0 Å². The summed E-state index contributed by atoms with van der Waals surface area (Å²) in [7, 11) is 0. The van der Waals surface area contributed by atoms with Gasteiger partial charge in [0.2, 0.25) is 5.91 Å². The number of rotatable bonds is 7. The second-order valence-electron chi connectivity index (χ2n) is 5.47. The molecule has 1 aliphatic rings. The van der Waals surface area contributed by atoms with Gasteiger partial charge in [-0.05, 0) is 62.4 Å². The minimum Gasteiger partial charge on any atom is -0.396 e. The van der Waals surface area contributed by atoms with E-state index in [-0.39, 0.29) is 12.5 Å². The molecular formula is C16H24N2O2. The molecule has 0 aromatic heterocycles. The summed E-state index contributed by atoms with van der Waals surface area (Å²) in [5, 5.41) is 15.1. The molecule has 1 amide bonds. The first kappa shape index (κ1) is 15.0. The molecule has 1 aliphatic heterocycles. The van der Waals surface area contributed by atoms with E-state index in [1.54, 1.807) is 0 Å². The van der Waals surface area contributed by atoms with Crippen molar-refractivity contribution in [2.24, 2.45) is 5.92 Å². The lowest BCUT2D eigenvalue weighted by Gasteiger charge is -2.09. The van der Waals surface area contributed by atoms with E-state index >= 15 is 0 Å². The molecule has 1 unspecified atom stereocenters. The largest absolute Gasteiger partial charge is 0.396 e. The predicted molar refractivity (Wildman–Crippen MR) is 80.7 cm³/mol. The lowest BCUT2D eigenvalue weighted by molar-refractivity contribution is -0.116. The molecule has 4 nitrogen and oxygen atoms in total. The van der Waals surface area contributed by atoms with Crippen LogP contribution >= 0.6 is 0 Å². The number of hydrogen-bond acceptors (Lipinski definition) is 3. The molecule has 1 aromatic rings. The molecule has 4 heteroatoms. The second-order valence-corrected chi connectivity index (χ2v) is 5.47. The average Bonchev–Trinajstić information content (AvgIpc) is 2.97. The number of benzene rings is 1. The smallest absolute Gasteiger partial charge is 0.224 e. The Kier molecular flexibility index (Phi) is 6.02. The van der Waals surface area contributed by atoms with Crippen LogP contribution in [0.25, 0.3) is 0 Å². The third-order valence-electron chi connectivity index (χ3n) is 3.78. The molecule has 1 heterocycles. The second kappa shape index (κ2) is 8.02. The molecule has 0 saturated carbocycles. The first-order valence-electron chi connectivity index (χ1n) is 7.48. The number of aliphatic hydroxyl groups excluding tert-OH is 1. The highest BCUT2D eigenvalue weighted by molar-refractivity contribution is 5.90. The van der Waals surface area contributed by atoms with E-state index in [0.29, 0.717) is 12.3 Å². The third-order valence-corrected chi connectivity index (χ3v) is 3.78. The Morgan fingerprint density at radius 3 is 3.10 bits per heavy atom. The van der Waals surface area contributed by atoms with Crippen LogP contribution in [0.3, 0.4) is 0 Å².